The van der Waals surface area contributed by atoms with E-state index in [0.29, 0.717) is 18.4 Å². The van der Waals surface area contributed by atoms with Crippen LogP contribution >= 0.6 is 11.3 Å². The van der Waals surface area contributed by atoms with Crippen molar-refractivity contribution in [2.24, 2.45) is 0 Å². The van der Waals surface area contributed by atoms with Crippen molar-refractivity contribution in [2.75, 3.05) is 6.61 Å². The lowest BCUT2D eigenvalue weighted by atomic mass is 9.99. The fourth-order valence-corrected chi connectivity index (χ4v) is 4.02. The summed E-state index contributed by atoms with van der Waals surface area (Å²) < 4.78 is 0. The topological polar surface area (TPSA) is 60.8 Å². The minimum absolute atomic E-state index is 0.0534. The Hall–Kier alpha value is -1.35. The SMILES string of the molecule is O=C(c1csc(C#CCO)c1)N1C2CCC1CC(O)C2. The summed E-state index contributed by atoms with van der Waals surface area (Å²) in [5, 5.41) is 20.3. The van der Waals surface area contributed by atoms with Gasteiger partial charge in [0.2, 0.25) is 0 Å². The Morgan fingerprint density at radius 1 is 1.40 bits per heavy atom. The first-order valence-corrected chi connectivity index (χ1v) is 7.76. The van der Waals surface area contributed by atoms with Gasteiger partial charge >= 0.3 is 0 Å². The Labute approximate surface area is 122 Å². The fourth-order valence-electron chi connectivity index (χ4n) is 3.27. The summed E-state index contributed by atoms with van der Waals surface area (Å²) >= 11 is 1.42. The van der Waals surface area contributed by atoms with Crippen LogP contribution in [0.3, 0.4) is 0 Å². The van der Waals surface area contributed by atoms with Crippen LogP contribution in [-0.4, -0.2) is 45.8 Å². The van der Waals surface area contributed by atoms with Gasteiger partial charge in [-0.3, -0.25) is 4.79 Å². The van der Waals surface area contributed by atoms with E-state index in [9.17, 15) is 9.90 Å². The molecule has 1 aromatic rings. The van der Waals surface area contributed by atoms with Crippen LogP contribution in [0.2, 0.25) is 0 Å². The molecule has 2 fully saturated rings. The molecule has 4 nitrogen and oxygen atoms in total. The smallest absolute Gasteiger partial charge is 0.255 e. The molecule has 1 amide bonds. The van der Waals surface area contributed by atoms with Crippen LogP contribution in [0.1, 0.15) is 40.9 Å². The number of aliphatic hydroxyl groups is 2. The highest BCUT2D eigenvalue weighted by atomic mass is 32.1. The van der Waals surface area contributed by atoms with E-state index in [1.54, 1.807) is 6.07 Å². The maximum absolute atomic E-state index is 12.6. The maximum Gasteiger partial charge on any atom is 0.255 e. The van der Waals surface area contributed by atoms with E-state index in [1.165, 1.54) is 11.3 Å². The fraction of sp³-hybridized carbons (Fsp3) is 0.533. The zero-order chi connectivity index (χ0) is 14.1. The molecule has 2 unspecified atom stereocenters. The Kier molecular flexibility index (Phi) is 3.79. The van der Waals surface area contributed by atoms with Crippen molar-refractivity contribution in [1.82, 2.24) is 4.90 Å². The number of amides is 1. The van der Waals surface area contributed by atoms with Crippen LogP contribution in [-0.2, 0) is 0 Å². The number of hydrogen-bond acceptors (Lipinski definition) is 4. The number of piperidine rings is 1. The third-order valence-electron chi connectivity index (χ3n) is 4.08. The van der Waals surface area contributed by atoms with Gasteiger partial charge in [-0.25, -0.2) is 0 Å². The van der Waals surface area contributed by atoms with Crippen molar-refractivity contribution in [2.45, 2.75) is 43.9 Å². The standard InChI is InChI=1S/C15H17NO3S/c17-5-1-2-14-6-10(9-20-14)15(19)16-11-3-4-12(16)8-13(18)7-11/h6,9,11-13,17-18H,3-5,7-8H2. The summed E-state index contributed by atoms with van der Waals surface area (Å²) in [6, 6.07) is 2.16. The summed E-state index contributed by atoms with van der Waals surface area (Å²) in [6.45, 7) is -0.171. The van der Waals surface area contributed by atoms with E-state index in [2.05, 4.69) is 11.8 Å². The van der Waals surface area contributed by atoms with Crippen molar-refractivity contribution >= 4 is 17.2 Å². The van der Waals surface area contributed by atoms with Gasteiger partial charge in [0, 0.05) is 17.5 Å². The molecule has 20 heavy (non-hydrogen) atoms. The summed E-state index contributed by atoms with van der Waals surface area (Å²) in [7, 11) is 0. The monoisotopic (exact) mass is 291 g/mol. The normalized spacial score (nSPS) is 28.1. The lowest BCUT2D eigenvalue weighted by Gasteiger charge is -2.37. The Morgan fingerprint density at radius 2 is 2.10 bits per heavy atom. The largest absolute Gasteiger partial charge is 0.393 e. The van der Waals surface area contributed by atoms with Gasteiger partial charge in [-0.05, 0) is 31.7 Å². The third-order valence-corrected chi connectivity index (χ3v) is 4.93. The maximum atomic E-state index is 12.6. The molecule has 0 aromatic carbocycles. The van der Waals surface area contributed by atoms with Gasteiger partial charge in [-0.15, -0.1) is 11.3 Å². The van der Waals surface area contributed by atoms with Gasteiger partial charge in [0.25, 0.3) is 5.91 Å². The van der Waals surface area contributed by atoms with Crippen LogP contribution < -0.4 is 0 Å². The second-order valence-corrected chi connectivity index (χ2v) is 6.29. The van der Waals surface area contributed by atoms with Gasteiger partial charge in [0.15, 0.2) is 0 Å². The molecule has 2 saturated heterocycles. The Morgan fingerprint density at radius 3 is 2.75 bits per heavy atom. The molecule has 106 valence electrons. The lowest BCUT2D eigenvalue weighted by Crippen LogP contribution is -2.47. The number of rotatable bonds is 1. The van der Waals surface area contributed by atoms with E-state index < -0.39 is 0 Å². The molecule has 2 bridgehead atoms. The summed E-state index contributed by atoms with van der Waals surface area (Å²) in [5.41, 5.74) is 0.672. The Balaban J connectivity index is 1.78. The van der Waals surface area contributed by atoms with E-state index in [1.807, 2.05) is 10.3 Å². The molecule has 3 heterocycles. The van der Waals surface area contributed by atoms with E-state index in [4.69, 9.17) is 5.11 Å². The molecule has 5 heteroatoms. The first-order valence-electron chi connectivity index (χ1n) is 6.88. The van der Waals surface area contributed by atoms with Crippen LogP contribution in [0.4, 0.5) is 0 Å². The summed E-state index contributed by atoms with van der Waals surface area (Å²) in [6.07, 6.45) is 3.13. The first kappa shape index (κ1) is 13.6. The number of nitrogens with zero attached hydrogens (tertiary/aromatic N) is 1. The average Bonchev–Trinajstić information content (AvgIpc) is 2.99. The number of carbonyl (C=O) groups is 1. The number of aliphatic hydroxyl groups excluding tert-OH is 2. The molecule has 0 aliphatic carbocycles. The van der Waals surface area contributed by atoms with Crippen molar-refractivity contribution < 1.29 is 15.0 Å². The average molecular weight is 291 g/mol. The zero-order valence-corrected chi connectivity index (χ0v) is 11.9. The minimum atomic E-state index is -0.259. The Bertz CT molecular complexity index is 557. The predicted octanol–water partition coefficient (Wildman–Crippen LogP) is 1.22. The van der Waals surface area contributed by atoms with Crippen molar-refractivity contribution in [1.29, 1.82) is 0 Å². The second kappa shape index (κ2) is 5.57. The molecule has 0 spiro atoms. The van der Waals surface area contributed by atoms with Gasteiger partial charge < -0.3 is 15.1 Å². The molecule has 2 N–H and O–H groups in total. The zero-order valence-electron chi connectivity index (χ0n) is 11.1. The van der Waals surface area contributed by atoms with E-state index in [0.717, 1.165) is 17.7 Å². The molecule has 0 radical (unpaired) electrons. The van der Waals surface area contributed by atoms with Crippen LogP contribution in [0.5, 0.6) is 0 Å². The molecular formula is C15H17NO3S. The van der Waals surface area contributed by atoms with Crippen molar-refractivity contribution in [3.8, 4) is 11.8 Å². The van der Waals surface area contributed by atoms with E-state index >= 15 is 0 Å². The number of hydrogen-bond donors (Lipinski definition) is 2. The number of carbonyl (C=O) groups excluding carboxylic acids is 1. The van der Waals surface area contributed by atoms with Crippen LogP contribution in [0.25, 0.3) is 0 Å². The van der Waals surface area contributed by atoms with Gasteiger partial charge in [-0.1, -0.05) is 11.8 Å². The lowest BCUT2D eigenvalue weighted by molar-refractivity contribution is 0.0287. The molecule has 0 saturated carbocycles. The molecule has 2 atom stereocenters. The van der Waals surface area contributed by atoms with Crippen LogP contribution in [0, 0.1) is 11.8 Å². The molecule has 3 rings (SSSR count). The molecule has 2 aliphatic rings. The van der Waals surface area contributed by atoms with Crippen molar-refractivity contribution in [3.05, 3.63) is 21.9 Å². The first-order chi connectivity index (χ1) is 9.69. The van der Waals surface area contributed by atoms with Crippen molar-refractivity contribution in [3.63, 3.8) is 0 Å². The van der Waals surface area contributed by atoms with Gasteiger partial charge in [-0.2, -0.15) is 0 Å². The van der Waals surface area contributed by atoms with E-state index in [-0.39, 0.29) is 30.7 Å². The highest BCUT2D eigenvalue weighted by molar-refractivity contribution is 7.10. The minimum Gasteiger partial charge on any atom is -0.393 e. The number of fused-ring (bicyclic) bond motifs is 2. The molecule has 2 aliphatic heterocycles. The highest BCUT2D eigenvalue weighted by Gasteiger charge is 2.43. The number of thiophene rings is 1. The third kappa shape index (κ3) is 2.47. The molecule has 1 aromatic heterocycles. The van der Waals surface area contributed by atoms with Gasteiger partial charge in [0.1, 0.15) is 6.61 Å². The van der Waals surface area contributed by atoms with Gasteiger partial charge in [0.05, 0.1) is 16.5 Å². The summed E-state index contributed by atoms with van der Waals surface area (Å²) in [5.74, 6) is 5.47. The quantitative estimate of drug-likeness (QED) is 0.765. The predicted molar refractivity (Wildman–Crippen MR) is 76.5 cm³/mol. The molecular weight excluding hydrogens is 274 g/mol. The summed E-state index contributed by atoms with van der Waals surface area (Å²) in [4.78, 5) is 15.4. The highest BCUT2D eigenvalue weighted by Crippen LogP contribution is 2.37. The van der Waals surface area contributed by atoms with Crippen LogP contribution in [0.15, 0.2) is 11.4 Å². The second-order valence-electron chi connectivity index (χ2n) is 5.38.